The molecule has 1 aliphatic rings. The van der Waals surface area contributed by atoms with E-state index in [1.165, 1.54) is 30.6 Å². The van der Waals surface area contributed by atoms with E-state index in [0.29, 0.717) is 23.3 Å². The molecule has 0 aromatic carbocycles. The number of hydrogen-bond acceptors (Lipinski definition) is 4. The van der Waals surface area contributed by atoms with Crippen LogP contribution in [-0.2, 0) is 6.54 Å². The molecule has 4 rings (SSSR count). The number of hydrogen-bond donors (Lipinski definition) is 1. The second kappa shape index (κ2) is 6.57. The van der Waals surface area contributed by atoms with E-state index in [1.807, 2.05) is 35.0 Å². The smallest absolute Gasteiger partial charge is 0.274 e. The van der Waals surface area contributed by atoms with E-state index < -0.39 is 0 Å². The molecule has 24 heavy (non-hydrogen) atoms. The maximum atomic E-state index is 12.6. The molecule has 1 aliphatic carbocycles. The number of nitrogens with zero attached hydrogens (tertiary/aromatic N) is 3. The molecule has 3 aromatic heterocycles. The van der Waals surface area contributed by atoms with Crippen molar-refractivity contribution in [2.75, 3.05) is 5.32 Å². The van der Waals surface area contributed by atoms with E-state index in [1.54, 1.807) is 12.4 Å². The average Bonchev–Trinajstić information content (AvgIpc) is 3.16. The predicted molar refractivity (Wildman–Crippen MR) is 94.4 cm³/mol. The number of thiazole rings is 1. The van der Waals surface area contributed by atoms with E-state index in [4.69, 9.17) is 0 Å². The van der Waals surface area contributed by atoms with Gasteiger partial charge in [-0.1, -0.05) is 6.42 Å². The minimum absolute atomic E-state index is 0.122. The number of carbonyl (C=O) groups excluding carboxylic acids is 1. The third kappa shape index (κ3) is 3.10. The summed E-state index contributed by atoms with van der Waals surface area (Å²) < 4.78 is 1.94. The first-order chi connectivity index (χ1) is 11.8. The summed E-state index contributed by atoms with van der Waals surface area (Å²) in [5.74, 6) is 0.464. The van der Waals surface area contributed by atoms with Crippen molar-refractivity contribution in [1.82, 2.24) is 14.5 Å². The highest BCUT2D eigenvalue weighted by Crippen LogP contribution is 2.37. The molecule has 0 atom stereocenters. The van der Waals surface area contributed by atoms with Gasteiger partial charge in [-0.15, -0.1) is 11.3 Å². The molecular weight excluding hydrogens is 320 g/mol. The topological polar surface area (TPSA) is 59.8 Å². The Morgan fingerprint density at radius 3 is 2.88 bits per heavy atom. The molecule has 3 heterocycles. The van der Waals surface area contributed by atoms with Crippen LogP contribution in [0.3, 0.4) is 0 Å². The maximum Gasteiger partial charge on any atom is 0.274 e. The Hall–Kier alpha value is -2.47. The monoisotopic (exact) mass is 338 g/mol. The second-order valence-corrected chi connectivity index (χ2v) is 6.89. The first-order valence-electron chi connectivity index (χ1n) is 8.10. The molecule has 0 spiro atoms. The number of rotatable bonds is 5. The van der Waals surface area contributed by atoms with Crippen LogP contribution < -0.4 is 5.32 Å². The average molecular weight is 338 g/mol. The zero-order chi connectivity index (χ0) is 16.4. The van der Waals surface area contributed by atoms with Crippen LogP contribution in [0.1, 0.15) is 46.9 Å². The van der Waals surface area contributed by atoms with Crippen LogP contribution in [0.25, 0.3) is 0 Å². The Bertz CT molecular complexity index is 836. The van der Waals surface area contributed by atoms with Crippen molar-refractivity contribution < 1.29 is 4.79 Å². The molecule has 0 saturated heterocycles. The second-order valence-electron chi connectivity index (χ2n) is 6.04. The Balaban J connectivity index is 1.46. The molecule has 1 saturated carbocycles. The van der Waals surface area contributed by atoms with E-state index in [0.717, 1.165) is 11.3 Å². The van der Waals surface area contributed by atoms with Gasteiger partial charge in [0.25, 0.3) is 5.91 Å². The zero-order valence-electron chi connectivity index (χ0n) is 13.2. The lowest BCUT2D eigenvalue weighted by atomic mass is 9.83. The molecule has 5 nitrogen and oxygen atoms in total. The van der Waals surface area contributed by atoms with Crippen molar-refractivity contribution in [3.63, 3.8) is 0 Å². The SMILES string of the molecule is O=C(Nc1nc(C2CCC2)cs1)c1cccn1Cc1ccncc1. The van der Waals surface area contributed by atoms with Crippen LogP contribution in [-0.4, -0.2) is 20.4 Å². The molecule has 0 unspecified atom stereocenters. The van der Waals surface area contributed by atoms with Gasteiger partial charge in [-0.3, -0.25) is 15.1 Å². The van der Waals surface area contributed by atoms with Crippen LogP contribution in [0.2, 0.25) is 0 Å². The molecule has 1 amide bonds. The first-order valence-corrected chi connectivity index (χ1v) is 8.98. The summed E-state index contributed by atoms with van der Waals surface area (Å²) in [6.07, 6.45) is 9.15. The van der Waals surface area contributed by atoms with Crippen LogP contribution in [0.15, 0.2) is 48.2 Å². The Kier molecular flexibility index (Phi) is 4.13. The van der Waals surface area contributed by atoms with Gasteiger partial charge in [-0.25, -0.2) is 4.98 Å². The van der Waals surface area contributed by atoms with E-state index in [-0.39, 0.29) is 5.91 Å². The molecule has 0 aliphatic heterocycles. The highest BCUT2D eigenvalue weighted by molar-refractivity contribution is 7.14. The fourth-order valence-electron chi connectivity index (χ4n) is 2.84. The molecular formula is C18H18N4OS. The highest BCUT2D eigenvalue weighted by Gasteiger charge is 2.22. The van der Waals surface area contributed by atoms with Gasteiger partial charge >= 0.3 is 0 Å². The summed E-state index contributed by atoms with van der Waals surface area (Å²) in [4.78, 5) is 21.2. The number of amides is 1. The van der Waals surface area contributed by atoms with Crippen molar-refractivity contribution in [3.8, 4) is 0 Å². The molecule has 1 fully saturated rings. The molecule has 0 bridgehead atoms. The number of aromatic nitrogens is 3. The minimum atomic E-state index is -0.122. The quantitative estimate of drug-likeness (QED) is 0.767. The first kappa shape index (κ1) is 15.1. The van der Waals surface area contributed by atoms with Crippen molar-refractivity contribution >= 4 is 22.4 Å². The van der Waals surface area contributed by atoms with Gasteiger partial charge in [-0.05, 0) is 42.7 Å². The lowest BCUT2D eigenvalue weighted by Gasteiger charge is -2.22. The molecule has 122 valence electrons. The molecule has 6 heteroatoms. The van der Waals surface area contributed by atoms with E-state index in [2.05, 4.69) is 20.7 Å². The number of carbonyl (C=O) groups is 1. The van der Waals surface area contributed by atoms with Crippen molar-refractivity contribution in [2.45, 2.75) is 31.7 Å². The van der Waals surface area contributed by atoms with E-state index in [9.17, 15) is 4.79 Å². The van der Waals surface area contributed by atoms with E-state index >= 15 is 0 Å². The zero-order valence-corrected chi connectivity index (χ0v) is 14.0. The van der Waals surface area contributed by atoms with Gasteiger partial charge in [-0.2, -0.15) is 0 Å². The standard InChI is InChI=1S/C18H18N4OS/c23-17(21-18-20-15(12-24-18)14-3-1-4-14)16-5-2-10-22(16)11-13-6-8-19-9-7-13/h2,5-10,12,14H,1,3-4,11H2,(H,20,21,23). The van der Waals surface area contributed by atoms with Gasteiger partial charge in [0, 0.05) is 36.4 Å². The Labute approximate surface area is 144 Å². The van der Waals surface area contributed by atoms with Crippen LogP contribution >= 0.6 is 11.3 Å². The summed E-state index contributed by atoms with van der Waals surface area (Å²) in [6.45, 7) is 0.642. The summed E-state index contributed by atoms with van der Waals surface area (Å²) in [6, 6.07) is 7.62. The lowest BCUT2D eigenvalue weighted by molar-refractivity contribution is 0.101. The van der Waals surface area contributed by atoms with Crippen LogP contribution in [0.4, 0.5) is 5.13 Å². The summed E-state index contributed by atoms with van der Waals surface area (Å²) in [7, 11) is 0. The summed E-state index contributed by atoms with van der Waals surface area (Å²) >= 11 is 1.50. The molecule has 0 radical (unpaired) electrons. The maximum absolute atomic E-state index is 12.6. The predicted octanol–water partition coefficient (Wildman–Crippen LogP) is 3.91. The van der Waals surface area contributed by atoms with Crippen molar-refractivity contribution in [3.05, 3.63) is 65.2 Å². The number of anilines is 1. The normalized spacial score (nSPS) is 14.3. The largest absolute Gasteiger partial charge is 0.339 e. The fourth-order valence-corrected chi connectivity index (χ4v) is 3.63. The summed E-state index contributed by atoms with van der Waals surface area (Å²) in [5, 5.41) is 5.67. The van der Waals surface area contributed by atoms with Gasteiger partial charge in [0.15, 0.2) is 5.13 Å². The van der Waals surface area contributed by atoms with Crippen LogP contribution in [0, 0.1) is 0 Å². The van der Waals surface area contributed by atoms with Gasteiger partial charge < -0.3 is 4.57 Å². The molecule has 1 N–H and O–H groups in total. The van der Waals surface area contributed by atoms with Gasteiger partial charge in [0.05, 0.1) is 5.69 Å². The van der Waals surface area contributed by atoms with Crippen molar-refractivity contribution in [2.24, 2.45) is 0 Å². The molecule has 3 aromatic rings. The third-order valence-electron chi connectivity index (χ3n) is 4.43. The minimum Gasteiger partial charge on any atom is -0.339 e. The summed E-state index contributed by atoms with van der Waals surface area (Å²) in [5.41, 5.74) is 2.86. The Morgan fingerprint density at radius 2 is 2.12 bits per heavy atom. The van der Waals surface area contributed by atoms with Crippen LogP contribution in [0.5, 0.6) is 0 Å². The third-order valence-corrected chi connectivity index (χ3v) is 5.21. The number of pyridine rings is 1. The number of nitrogens with one attached hydrogen (secondary N) is 1. The Morgan fingerprint density at radius 1 is 1.29 bits per heavy atom. The van der Waals surface area contributed by atoms with Gasteiger partial charge in [0.2, 0.25) is 0 Å². The lowest BCUT2D eigenvalue weighted by Crippen LogP contribution is -2.17. The van der Waals surface area contributed by atoms with Crippen molar-refractivity contribution in [1.29, 1.82) is 0 Å². The van der Waals surface area contributed by atoms with Gasteiger partial charge in [0.1, 0.15) is 5.69 Å². The fraction of sp³-hybridized carbons (Fsp3) is 0.278. The highest BCUT2D eigenvalue weighted by atomic mass is 32.1.